The van der Waals surface area contributed by atoms with Gasteiger partial charge >= 0.3 is 0 Å². The van der Waals surface area contributed by atoms with Crippen molar-refractivity contribution in [2.24, 2.45) is 5.73 Å². The predicted octanol–water partition coefficient (Wildman–Crippen LogP) is 5.26. The Morgan fingerprint density at radius 1 is 1.16 bits per heavy atom. The predicted molar refractivity (Wildman–Crippen MR) is 126 cm³/mol. The van der Waals surface area contributed by atoms with Crippen LogP contribution in [-0.2, 0) is 6.61 Å². The summed E-state index contributed by atoms with van der Waals surface area (Å²) >= 11 is 3.49. The van der Waals surface area contributed by atoms with Crippen molar-refractivity contribution in [1.29, 1.82) is 5.41 Å². The molecule has 162 valence electrons. The summed E-state index contributed by atoms with van der Waals surface area (Å²) in [5.41, 5.74) is 7.67. The van der Waals surface area contributed by atoms with Gasteiger partial charge in [0.15, 0.2) is 5.96 Å². The van der Waals surface area contributed by atoms with Crippen molar-refractivity contribution in [2.45, 2.75) is 25.5 Å². The number of guanidine groups is 1. The Balaban J connectivity index is 1.33. The Morgan fingerprint density at radius 3 is 2.84 bits per heavy atom. The minimum Gasteiger partial charge on any atom is -0.489 e. The van der Waals surface area contributed by atoms with Gasteiger partial charge in [-0.25, -0.2) is 0 Å². The summed E-state index contributed by atoms with van der Waals surface area (Å²) in [6.45, 7) is 1.24. The molecule has 0 spiro atoms. The van der Waals surface area contributed by atoms with E-state index < -0.39 is 0 Å². The van der Waals surface area contributed by atoms with Crippen molar-refractivity contribution < 1.29 is 9.26 Å². The quantitative estimate of drug-likeness (QED) is 0.291. The Labute approximate surface area is 193 Å². The van der Waals surface area contributed by atoms with Gasteiger partial charge in [0.05, 0.1) is 0 Å². The topological polar surface area (TPSA) is 101 Å². The average Bonchev–Trinajstić information content (AvgIpc) is 3.47. The molecular weight excluding hydrogens is 470 g/mol. The van der Waals surface area contributed by atoms with E-state index in [1.807, 2.05) is 60.7 Å². The molecule has 1 aromatic heterocycles. The molecule has 5 rings (SSSR count). The van der Waals surface area contributed by atoms with Crippen LogP contribution in [0.3, 0.4) is 0 Å². The maximum atomic E-state index is 7.74. The first-order valence-corrected chi connectivity index (χ1v) is 11.2. The summed E-state index contributed by atoms with van der Waals surface area (Å²) in [6, 6.07) is 20.0. The zero-order valence-electron chi connectivity index (χ0n) is 17.3. The van der Waals surface area contributed by atoms with Crippen LogP contribution in [0.2, 0.25) is 0 Å². The van der Waals surface area contributed by atoms with Crippen LogP contribution in [0.25, 0.3) is 22.2 Å². The van der Waals surface area contributed by atoms with Gasteiger partial charge in [0, 0.05) is 16.6 Å². The standard InChI is InChI=1S/C24H22BrN5O2/c25-19-4-1-3-15(11-19)14-31-20-9-8-16-12-18(7-6-17(16)13-20)22-28-23(32-29-22)21-5-2-10-30(21)24(26)27/h1,3-4,6-9,11-13,21H,2,5,10,14H2,(H3,26,27)/t21-/m0/s1. The van der Waals surface area contributed by atoms with E-state index >= 15 is 0 Å². The number of aromatic nitrogens is 2. The normalized spacial score (nSPS) is 15.9. The Morgan fingerprint density at radius 2 is 2.00 bits per heavy atom. The van der Waals surface area contributed by atoms with Crippen molar-refractivity contribution in [3.63, 3.8) is 0 Å². The van der Waals surface area contributed by atoms with E-state index in [-0.39, 0.29) is 12.0 Å². The summed E-state index contributed by atoms with van der Waals surface area (Å²) in [6.07, 6.45) is 1.80. The molecule has 1 atom stereocenters. The van der Waals surface area contributed by atoms with E-state index in [2.05, 4.69) is 26.1 Å². The molecule has 2 heterocycles. The number of halogens is 1. The van der Waals surface area contributed by atoms with Gasteiger partial charge in [-0.3, -0.25) is 5.41 Å². The number of ether oxygens (including phenoxy) is 1. The highest BCUT2D eigenvalue weighted by Gasteiger charge is 2.31. The molecule has 3 N–H and O–H groups in total. The third kappa shape index (κ3) is 4.18. The van der Waals surface area contributed by atoms with E-state index in [9.17, 15) is 0 Å². The van der Waals surface area contributed by atoms with Crippen molar-refractivity contribution >= 4 is 32.7 Å². The minimum atomic E-state index is -0.126. The van der Waals surface area contributed by atoms with Gasteiger partial charge < -0.3 is 19.9 Å². The first kappa shape index (κ1) is 20.5. The zero-order chi connectivity index (χ0) is 22.1. The van der Waals surface area contributed by atoms with Crippen molar-refractivity contribution in [2.75, 3.05) is 6.54 Å². The molecule has 32 heavy (non-hydrogen) atoms. The van der Waals surface area contributed by atoms with Crippen LogP contribution >= 0.6 is 15.9 Å². The van der Waals surface area contributed by atoms with E-state index in [0.717, 1.165) is 51.5 Å². The first-order chi connectivity index (χ1) is 15.6. The number of nitrogens with one attached hydrogen (secondary N) is 1. The molecule has 1 aliphatic rings. The summed E-state index contributed by atoms with van der Waals surface area (Å²) in [5, 5.41) is 14.0. The minimum absolute atomic E-state index is 0.0378. The zero-order valence-corrected chi connectivity index (χ0v) is 18.9. The second-order valence-corrected chi connectivity index (χ2v) is 8.75. The third-order valence-corrected chi connectivity index (χ3v) is 6.15. The Hall–Kier alpha value is -3.39. The van der Waals surface area contributed by atoms with E-state index in [1.165, 1.54) is 0 Å². The molecule has 8 heteroatoms. The monoisotopic (exact) mass is 491 g/mol. The van der Waals surface area contributed by atoms with Gasteiger partial charge in [-0.05, 0) is 59.5 Å². The molecule has 1 aliphatic heterocycles. The summed E-state index contributed by atoms with van der Waals surface area (Å²) in [5.74, 6) is 1.89. The number of likely N-dealkylation sites (tertiary alicyclic amines) is 1. The van der Waals surface area contributed by atoms with Gasteiger partial charge in [0.1, 0.15) is 18.4 Å². The van der Waals surface area contributed by atoms with Crippen LogP contribution in [-0.4, -0.2) is 27.5 Å². The number of nitrogens with zero attached hydrogens (tertiary/aromatic N) is 3. The summed E-state index contributed by atoms with van der Waals surface area (Å²) in [7, 11) is 0. The van der Waals surface area contributed by atoms with E-state index in [4.69, 9.17) is 20.4 Å². The molecule has 0 amide bonds. The molecule has 1 saturated heterocycles. The SMILES string of the molecule is N=C(N)N1CCC[C@H]1c1nc(-c2ccc3cc(OCc4cccc(Br)c4)ccc3c2)no1. The van der Waals surface area contributed by atoms with Gasteiger partial charge in [0.25, 0.3) is 0 Å². The summed E-state index contributed by atoms with van der Waals surface area (Å²) in [4.78, 5) is 6.39. The number of fused-ring (bicyclic) bond motifs is 1. The maximum Gasteiger partial charge on any atom is 0.249 e. The molecule has 1 fully saturated rings. The van der Waals surface area contributed by atoms with E-state index in [0.29, 0.717) is 18.3 Å². The van der Waals surface area contributed by atoms with Crippen LogP contribution in [0.15, 0.2) is 69.7 Å². The second kappa shape index (κ2) is 8.63. The smallest absolute Gasteiger partial charge is 0.249 e. The number of rotatable bonds is 5. The van der Waals surface area contributed by atoms with Crippen molar-refractivity contribution in [1.82, 2.24) is 15.0 Å². The van der Waals surface area contributed by atoms with Crippen LogP contribution < -0.4 is 10.5 Å². The lowest BCUT2D eigenvalue weighted by molar-refractivity contribution is 0.283. The lowest BCUT2D eigenvalue weighted by atomic mass is 10.1. The van der Waals surface area contributed by atoms with Gasteiger partial charge in [-0.1, -0.05) is 51.4 Å². The number of benzene rings is 3. The lowest BCUT2D eigenvalue weighted by Gasteiger charge is -2.21. The van der Waals surface area contributed by atoms with Crippen molar-refractivity contribution in [3.8, 4) is 17.1 Å². The molecule has 0 unspecified atom stereocenters. The second-order valence-electron chi connectivity index (χ2n) is 7.84. The molecule has 0 bridgehead atoms. The highest BCUT2D eigenvalue weighted by atomic mass is 79.9. The third-order valence-electron chi connectivity index (χ3n) is 5.65. The highest BCUT2D eigenvalue weighted by molar-refractivity contribution is 9.10. The Bertz CT molecular complexity index is 1290. The summed E-state index contributed by atoms with van der Waals surface area (Å²) < 4.78 is 12.5. The largest absolute Gasteiger partial charge is 0.489 e. The van der Waals surface area contributed by atoms with Crippen LogP contribution in [0, 0.1) is 5.41 Å². The molecular formula is C24H22BrN5O2. The maximum absolute atomic E-state index is 7.74. The Kier molecular flexibility index (Phi) is 5.53. The molecule has 7 nitrogen and oxygen atoms in total. The molecule has 4 aromatic rings. The fourth-order valence-corrected chi connectivity index (χ4v) is 4.49. The fraction of sp³-hybridized carbons (Fsp3) is 0.208. The van der Waals surface area contributed by atoms with Crippen molar-refractivity contribution in [3.05, 3.63) is 76.6 Å². The van der Waals surface area contributed by atoms with Gasteiger partial charge in [0.2, 0.25) is 11.7 Å². The van der Waals surface area contributed by atoms with Crippen LogP contribution in [0.1, 0.15) is 30.3 Å². The average molecular weight is 492 g/mol. The number of hydrogen-bond acceptors (Lipinski definition) is 5. The lowest BCUT2D eigenvalue weighted by Crippen LogP contribution is -2.35. The van der Waals surface area contributed by atoms with Crippen LogP contribution in [0.5, 0.6) is 5.75 Å². The molecule has 3 aromatic carbocycles. The van der Waals surface area contributed by atoms with E-state index in [1.54, 1.807) is 4.90 Å². The first-order valence-electron chi connectivity index (χ1n) is 10.4. The number of nitrogens with two attached hydrogens (primary N) is 1. The molecule has 0 radical (unpaired) electrons. The van der Waals surface area contributed by atoms with Gasteiger partial charge in [-0.2, -0.15) is 4.98 Å². The van der Waals surface area contributed by atoms with Gasteiger partial charge in [-0.15, -0.1) is 0 Å². The van der Waals surface area contributed by atoms with Crippen LogP contribution in [0.4, 0.5) is 0 Å². The fourth-order valence-electron chi connectivity index (χ4n) is 4.05. The molecule has 0 saturated carbocycles. The highest BCUT2D eigenvalue weighted by Crippen LogP contribution is 2.32. The number of hydrogen-bond donors (Lipinski definition) is 2. The molecule has 0 aliphatic carbocycles.